The predicted octanol–water partition coefficient (Wildman–Crippen LogP) is 17.4. The molecule has 3 heterocycles. The monoisotopic (exact) mass is 1070 g/mol. The van der Waals surface area contributed by atoms with Gasteiger partial charge in [0.15, 0.2) is 8.07 Å². The van der Waals surface area contributed by atoms with Crippen LogP contribution in [0.25, 0.3) is 116 Å². The van der Waals surface area contributed by atoms with E-state index in [0.29, 0.717) is 15.6 Å². The van der Waals surface area contributed by atoms with Crippen LogP contribution in [0.15, 0.2) is 321 Å². The van der Waals surface area contributed by atoms with Gasteiger partial charge in [-0.2, -0.15) is 0 Å². The number of hydrogen-bond donors (Lipinski definition) is 0. The highest BCUT2D eigenvalue weighted by molar-refractivity contribution is 7.20. The molecule has 0 N–H and O–H groups in total. The average molecular weight is 1070 g/mol. The first-order valence-electron chi connectivity index (χ1n) is 33.8. The van der Waals surface area contributed by atoms with Gasteiger partial charge in [0.25, 0.3) is 0 Å². The fourth-order valence-corrected chi connectivity index (χ4v) is 17.4. The number of nitrogens with zero attached hydrogens (tertiary/aromatic N) is 3. The highest BCUT2D eigenvalue weighted by Crippen LogP contribution is 2.42. The van der Waals surface area contributed by atoms with Crippen molar-refractivity contribution in [3.8, 4) is 50.4 Å². The van der Waals surface area contributed by atoms with Gasteiger partial charge in [0.1, 0.15) is 0 Å². The van der Waals surface area contributed by atoms with Crippen LogP contribution in [-0.4, -0.2) is 21.8 Å². The van der Waals surface area contributed by atoms with Gasteiger partial charge in [-0.1, -0.05) is 255 Å². The number of para-hydroxylation sites is 5. The number of hydrogen-bond acceptors (Lipinski definition) is 0. The fraction of sp³-hybridized carbons (Fsp3) is 0. The summed E-state index contributed by atoms with van der Waals surface area (Å²) in [5, 5.41) is 8.52. The molecule has 13 aromatic carbocycles. The molecule has 0 bridgehead atoms. The number of rotatable bonds is 10. The fourth-order valence-electron chi connectivity index (χ4n) is 12.8. The molecule has 0 saturated heterocycles. The molecule has 0 aliphatic rings. The molecule has 0 spiro atoms. The molecule has 384 valence electrons. The summed E-state index contributed by atoms with van der Waals surface area (Å²) in [7, 11) is -4.38. The molecule has 4 heteroatoms. The van der Waals surface area contributed by atoms with Crippen LogP contribution in [0, 0.1) is 0 Å². The van der Waals surface area contributed by atoms with Crippen molar-refractivity contribution in [2.24, 2.45) is 0 Å². The lowest BCUT2D eigenvalue weighted by atomic mass is 9.99. The van der Waals surface area contributed by atoms with Gasteiger partial charge in [-0.15, -0.1) is 0 Å². The topological polar surface area (TPSA) is 14.8 Å². The summed E-state index contributed by atoms with van der Waals surface area (Å²) in [6.45, 7) is 0. The van der Waals surface area contributed by atoms with E-state index in [4.69, 9.17) is 8.22 Å². The van der Waals surface area contributed by atoms with Crippen LogP contribution in [0.1, 0.15) is 17.8 Å². The summed E-state index contributed by atoms with van der Waals surface area (Å²) < 4.78 is 129. The Bertz CT molecular complexity index is 5620. The normalized spacial score (nSPS) is 14.1. The third-order valence-electron chi connectivity index (χ3n) is 16.2. The first kappa shape index (κ1) is 35.9. The molecule has 0 atom stereocenters. The van der Waals surface area contributed by atoms with Gasteiger partial charge in [0.2, 0.25) is 0 Å². The summed E-state index contributed by atoms with van der Waals surface area (Å²) in [5.74, 6) is 0. The van der Waals surface area contributed by atoms with Crippen LogP contribution in [0.5, 0.6) is 0 Å². The van der Waals surface area contributed by atoms with E-state index in [0.717, 1.165) is 93.6 Å². The Morgan fingerprint density at radius 3 is 1.17 bits per heavy atom. The quantitative estimate of drug-likeness (QED) is 0.0958. The van der Waals surface area contributed by atoms with Gasteiger partial charge in [0.05, 0.1) is 56.6 Å². The van der Waals surface area contributed by atoms with Crippen molar-refractivity contribution in [3.63, 3.8) is 0 Å². The van der Waals surface area contributed by atoms with Crippen molar-refractivity contribution < 1.29 is 17.8 Å². The summed E-state index contributed by atoms with van der Waals surface area (Å²) in [4.78, 5) is 0. The number of fused-ring (bicyclic) bond motifs is 9. The van der Waals surface area contributed by atoms with Gasteiger partial charge < -0.3 is 13.7 Å². The second-order valence-corrected chi connectivity index (χ2v) is 24.3. The van der Waals surface area contributed by atoms with Gasteiger partial charge in [-0.3, -0.25) is 0 Å². The largest absolute Gasteiger partial charge is 0.309 e. The minimum Gasteiger partial charge on any atom is -0.309 e. The van der Waals surface area contributed by atoms with Crippen molar-refractivity contribution in [1.29, 1.82) is 0 Å². The van der Waals surface area contributed by atoms with Gasteiger partial charge in [-0.25, -0.2) is 0 Å². The predicted molar refractivity (Wildman–Crippen MR) is 349 cm³/mol. The highest BCUT2D eigenvalue weighted by Gasteiger charge is 2.42. The van der Waals surface area contributed by atoms with Gasteiger partial charge in [-0.05, 0) is 121 Å². The molecular weight excluding hydrogens is 1010 g/mol. The van der Waals surface area contributed by atoms with E-state index in [1.165, 1.54) is 0 Å². The first-order valence-corrected chi connectivity index (χ1v) is 29.3. The smallest absolute Gasteiger partial charge is 0.179 e. The van der Waals surface area contributed by atoms with Crippen molar-refractivity contribution in [3.05, 3.63) is 321 Å². The lowest BCUT2D eigenvalue weighted by molar-refractivity contribution is 1.13. The molecule has 0 unspecified atom stereocenters. The SMILES string of the molecule is [2H]c1c([2H])c([2H])c(-c2c([2H])c(-c3c([2H])c([2H])c([2H])c([2H])c3[2H])c([2H])c([Si](c3ccccc3)(c3ccccc3)c3cccc(-c4cc(-n5c6ccccc6c6ccccc65)cc(-n5c6ccccc6c6c(-n7c8ccccc8c8ccccc87)cccc65)c4)c3)c2[2H])c([2H])c1[2H]. The van der Waals surface area contributed by atoms with Gasteiger partial charge in [0, 0.05) is 43.7 Å². The molecule has 0 saturated carbocycles. The molecule has 0 aliphatic carbocycles. The Kier molecular flexibility index (Phi) is 8.48. The second kappa shape index (κ2) is 19.4. The van der Waals surface area contributed by atoms with Crippen molar-refractivity contribution in [2.75, 3.05) is 0 Å². The van der Waals surface area contributed by atoms with E-state index < -0.39 is 109 Å². The maximum atomic E-state index is 10.7. The maximum Gasteiger partial charge on any atom is 0.179 e. The average Bonchev–Trinajstić information content (AvgIpc) is 1.42. The molecule has 3 nitrogen and oxygen atoms in total. The Hall–Kier alpha value is -10.5. The van der Waals surface area contributed by atoms with E-state index in [9.17, 15) is 9.60 Å². The third kappa shape index (κ3) is 7.50. The Labute approximate surface area is 495 Å². The zero-order valence-corrected chi connectivity index (χ0v) is 44.9. The standard InChI is InChI=1S/C78H53N3Si/c1-5-25-54(26-6-1)57-47-58(55-27-7-2-8-28-55)52-65(51-57)82(62-30-9-3-10-31-62,63-32-11-4-12-33-63)64-34-23-29-56(50-64)59-48-60(79-71-40-18-13-35-66(71)67-36-14-19-41-72(67)79)53-61(49-59)80-75-44-22-17-39-70(75)78-76(80)45-24-46-77(78)81-73-42-20-15-37-68(73)69-38-16-21-43-74(69)81/h1-53H/i1D,2D,5D,6D,7D,8D,25D,26D,27D,28D,47D,51D,52D. The molecule has 0 aliphatic heterocycles. The number of aromatic nitrogens is 3. The zero-order valence-electron chi connectivity index (χ0n) is 56.9. The number of benzene rings is 13. The Balaban J connectivity index is 1.03. The van der Waals surface area contributed by atoms with E-state index in [1.807, 2.05) is 91.0 Å². The molecule has 0 amide bonds. The lowest BCUT2D eigenvalue weighted by Gasteiger charge is -2.35. The van der Waals surface area contributed by atoms with Crippen LogP contribution in [0.4, 0.5) is 0 Å². The maximum absolute atomic E-state index is 10.7. The van der Waals surface area contributed by atoms with Crippen molar-refractivity contribution >= 4 is 94.2 Å². The Morgan fingerprint density at radius 1 is 0.256 bits per heavy atom. The van der Waals surface area contributed by atoms with Crippen LogP contribution in [0.3, 0.4) is 0 Å². The first-order chi connectivity index (χ1) is 46.1. The van der Waals surface area contributed by atoms with Crippen molar-refractivity contribution in [1.82, 2.24) is 13.7 Å². The van der Waals surface area contributed by atoms with Crippen molar-refractivity contribution in [2.45, 2.75) is 0 Å². The summed E-state index contributed by atoms with van der Waals surface area (Å²) in [5.41, 5.74) is 8.47. The molecular formula is C78H53N3Si. The van der Waals surface area contributed by atoms with Crippen LogP contribution < -0.4 is 20.7 Å². The van der Waals surface area contributed by atoms with E-state index in [-0.39, 0.29) is 5.19 Å². The molecule has 3 aromatic heterocycles. The Morgan fingerprint density at radius 2 is 0.659 bits per heavy atom. The van der Waals surface area contributed by atoms with E-state index >= 15 is 0 Å². The third-order valence-corrected chi connectivity index (χ3v) is 20.7. The minimum absolute atomic E-state index is 0.00396. The summed E-state index contributed by atoms with van der Waals surface area (Å²) in [6.07, 6.45) is 0. The van der Waals surface area contributed by atoms with Crippen LogP contribution in [-0.2, 0) is 0 Å². The second-order valence-electron chi connectivity index (χ2n) is 20.6. The van der Waals surface area contributed by atoms with Crippen LogP contribution >= 0.6 is 0 Å². The van der Waals surface area contributed by atoms with E-state index in [1.54, 1.807) is 0 Å². The molecule has 0 radical (unpaired) electrons. The molecule has 16 aromatic rings. The summed E-state index contributed by atoms with van der Waals surface area (Å²) >= 11 is 0. The molecule has 16 rings (SSSR count). The molecule has 0 fully saturated rings. The molecule has 82 heavy (non-hydrogen) atoms. The minimum atomic E-state index is -4.38. The van der Waals surface area contributed by atoms with E-state index in [2.05, 4.69) is 165 Å². The zero-order chi connectivity index (χ0) is 65.5. The lowest BCUT2D eigenvalue weighted by Crippen LogP contribution is -2.74. The van der Waals surface area contributed by atoms with Gasteiger partial charge >= 0.3 is 0 Å². The van der Waals surface area contributed by atoms with Crippen LogP contribution in [0.2, 0.25) is 0 Å². The highest BCUT2D eigenvalue weighted by atomic mass is 28.3. The summed E-state index contributed by atoms with van der Waals surface area (Å²) in [6, 6.07) is 73.4.